The average molecular weight is 623 g/mol. The van der Waals surface area contributed by atoms with E-state index in [0.717, 1.165) is 49.7 Å². The third-order valence-corrected chi connectivity index (χ3v) is 7.35. The quantitative estimate of drug-likeness (QED) is 0.0793. The molecule has 1 atom stereocenters. The molecule has 7 nitrogen and oxygen atoms in total. The molecule has 0 spiro atoms. The lowest BCUT2D eigenvalue weighted by Crippen LogP contribution is -2.26. The van der Waals surface area contributed by atoms with E-state index < -0.39 is 24.0 Å². The van der Waals surface area contributed by atoms with Crippen LogP contribution in [0.1, 0.15) is 99.3 Å². The molecule has 0 aliphatic heterocycles. The molecular formula is C36H43ClO7. The first-order chi connectivity index (χ1) is 21.3. The van der Waals surface area contributed by atoms with Gasteiger partial charge in [-0.05, 0) is 79.4 Å². The second kappa shape index (κ2) is 18.7. The van der Waals surface area contributed by atoms with Crippen LogP contribution in [0, 0.1) is 0 Å². The second-order valence-electron chi connectivity index (χ2n) is 10.7. The first-order valence-electron chi connectivity index (χ1n) is 15.5. The van der Waals surface area contributed by atoms with Crippen LogP contribution in [0.3, 0.4) is 0 Å². The average Bonchev–Trinajstić information content (AvgIpc) is 3.03. The lowest BCUT2D eigenvalue weighted by atomic mass is 10.0. The maximum atomic E-state index is 12.7. The fraction of sp³-hybridized carbons (Fsp3) is 0.417. The number of carbonyl (C=O) groups excluding carboxylic acids is 3. The zero-order chi connectivity index (χ0) is 31.7. The van der Waals surface area contributed by atoms with Crippen LogP contribution in [-0.4, -0.2) is 37.2 Å². The molecule has 0 aliphatic carbocycles. The first kappa shape index (κ1) is 34.6. The zero-order valence-electron chi connectivity index (χ0n) is 25.9. The van der Waals surface area contributed by atoms with Crippen molar-refractivity contribution < 1.29 is 33.3 Å². The molecule has 0 N–H and O–H groups in total. The summed E-state index contributed by atoms with van der Waals surface area (Å²) in [7, 11) is 0. The van der Waals surface area contributed by atoms with Gasteiger partial charge in [0.15, 0.2) is 6.10 Å². The van der Waals surface area contributed by atoms with Crippen LogP contribution in [0.4, 0.5) is 0 Å². The second-order valence-corrected chi connectivity index (χ2v) is 11.1. The lowest BCUT2D eigenvalue weighted by Gasteiger charge is -2.13. The number of benzene rings is 3. The summed E-state index contributed by atoms with van der Waals surface area (Å²) in [6.45, 7) is 6.72. The van der Waals surface area contributed by atoms with Gasteiger partial charge in [-0.1, -0.05) is 88.6 Å². The largest absolute Gasteiger partial charge is 0.492 e. The smallest absolute Gasteiger partial charge is 0.347 e. The van der Waals surface area contributed by atoms with Gasteiger partial charge in [-0.3, -0.25) is 0 Å². The number of carbonyl (C=O) groups is 3. The lowest BCUT2D eigenvalue weighted by molar-refractivity contribution is -0.153. The summed E-state index contributed by atoms with van der Waals surface area (Å²) in [6.07, 6.45) is 8.75. The van der Waals surface area contributed by atoms with E-state index in [1.165, 1.54) is 50.5 Å². The van der Waals surface area contributed by atoms with Gasteiger partial charge in [-0.15, -0.1) is 0 Å². The SMILES string of the molecule is CCCCCCCOc1ccc(-c2ccc(C(=O)Oc3ccc(C(=O)O[C@@H](C)C(=O)OCCCCCC)cc3)cc2)cc1Cl. The van der Waals surface area contributed by atoms with E-state index in [2.05, 4.69) is 13.8 Å². The Morgan fingerprint density at radius 1 is 0.682 bits per heavy atom. The van der Waals surface area contributed by atoms with Crippen molar-refractivity contribution in [3.8, 4) is 22.6 Å². The maximum absolute atomic E-state index is 12.7. The molecule has 3 aromatic rings. The molecule has 0 aliphatic rings. The number of hydrogen-bond donors (Lipinski definition) is 0. The van der Waals surface area contributed by atoms with E-state index in [1.807, 2.05) is 30.3 Å². The monoisotopic (exact) mass is 622 g/mol. The van der Waals surface area contributed by atoms with Crippen LogP contribution in [-0.2, 0) is 14.3 Å². The molecule has 0 heterocycles. The fourth-order valence-electron chi connectivity index (χ4n) is 4.40. The molecule has 236 valence electrons. The molecule has 0 saturated heterocycles. The van der Waals surface area contributed by atoms with E-state index in [4.69, 9.17) is 30.5 Å². The van der Waals surface area contributed by atoms with Crippen molar-refractivity contribution in [1.82, 2.24) is 0 Å². The van der Waals surface area contributed by atoms with E-state index in [-0.39, 0.29) is 11.3 Å². The van der Waals surface area contributed by atoms with Crippen LogP contribution in [0.5, 0.6) is 11.5 Å². The molecule has 44 heavy (non-hydrogen) atoms. The number of ether oxygens (including phenoxy) is 4. The van der Waals surface area contributed by atoms with Crippen LogP contribution in [0.25, 0.3) is 11.1 Å². The van der Waals surface area contributed by atoms with Gasteiger partial charge in [0.2, 0.25) is 0 Å². The number of unbranched alkanes of at least 4 members (excludes halogenated alkanes) is 7. The minimum Gasteiger partial charge on any atom is -0.492 e. The normalized spacial score (nSPS) is 11.5. The highest BCUT2D eigenvalue weighted by atomic mass is 35.5. The Balaban J connectivity index is 1.48. The highest BCUT2D eigenvalue weighted by molar-refractivity contribution is 6.32. The summed E-state index contributed by atoms with van der Waals surface area (Å²) >= 11 is 6.47. The maximum Gasteiger partial charge on any atom is 0.347 e. The molecule has 3 aromatic carbocycles. The molecule has 0 amide bonds. The van der Waals surface area contributed by atoms with Crippen LogP contribution in [0.2, 0.25) is 5.02 Å². The van der Waals surface area contributed by atoms with Crippen molar-refractivity contribution in [2.75, 3.05) is 13.2 Å². The molecule has 0 radical (unpaired) electrons. The number of rotatable bonds is 18. The molecule has 0 bridgehead atoms. The van der Waals surface area contributed by atoms with Gasteiger partial charge in [0.05, 0.1) is 29.4 Å². The summed E-state index contributed by atoms with van der Waals surface area (Å²) in [5.74, 6) is -0.860. The summed E-state index contributed by atoms with van der Waals surface area (Å²) < 4.78 is 21.7. The first-order valence-corrected chi connectivity index (χ1v) is 15.9. The summed E-state index contributed by atoms with van der Waals surface area (Å²) in [6, 6.07) is 18.6. The van der Waals surface area contributed by atoms with Gasteiger partial charge in [0.1, 0.15) is 11.5 Å². The Hall–Kier alpha value is -3.84. The zero-order valence-corrected chi connectivity index (χ0v) is 26.7. The summed E-state index contributed by atoms with van der Waals surface area (Å²) in [5.41, 5.74) is 2.39. The molecule has 0 aromatic heterocycles. The van der Waals surface area contributed by atoms with Crippen molar-refractivity contribution >= 4 is 29.5 Å². The Bertz CT molecular complexity index is 1340. The van der Waals surface area contributed by atoms with Crippen molar-refractivity contribution in [2.24, 2.45) is 0 Å². The van der Waals surface area contributed by atoms with Crippen molar-refractivity contribution in [1.29, 1.82) is 0 Å². The van der Waals surface area contributed by atoms with Crippen LogP contribution < -0.4 is 9.47 Å². The number of halogens is 1. The summed E-state index contributed by atoms with van der Waals surface area (Å²) in [4.78, 5) is 37.3. The molecule has 0 unspecified atom stereocenters. The third kappa shape index (κ3) is 11.3. The highest BCUT2D eigenvalue weighted by Crippen LogP contribution is 2.31. The predicted octanol–water partition coefficient (Wildman–Crippen LogP) is 9.24. The number of esters is 3. The Morgan fingerprint density at radius 2 is 1.25 bits per heavy atom. The van der Waals surface area contributed by atoms with E-state index >= 15 is 0 Å². The molecule has 3 rings (SSSR count). The van der Waals surface area contributed by atoms with Crippen LogP contribution >= 0.6 is 11.6 Å². The van der Waals surface area contributed by atoms with E-state index in [9.17, 15) is 14.4 Å². The van der Waals surface area contributed by atoms with E-state index in [1.54, 1.807) is 12.1 Å². The minimum absolute atomic E-state index is 0.221. The summed E-state index contributed by atoms with van der Waals surface area (Å²) in [5, 5.41) is 0.541. The minimum atomic E-state index is -1.03. The third-order valence-electron chi connectivity index (χ3n) is 7.05. The number of hydrogen-bond acceptors (Lipinski definition) is 7. The van der Waals surface area contributed by atoms with Gasteiger partial charge in [0, 0.05) is 0 Å². The Morgan fingerprint density at radius 3 is 1.91 bits per heavy atom. The van der Waals surface area contributed by atoms with Gasteiger partial charge >= 0.3 is 17.9 Å². The fourth-order valence-corrected chi connectivity index (χ4v) is 4.64. The molecule has 8 heteroatoms. The van der Waals surface area contributed by atoms with Crippen molar-refractivity contribution in [2.45, 2.75) is 84.7 Å². The highest BCUT2D eigenvalue weighted by Gasteiger charge is 2.20. The van der Waals surface area contributed by atoms with Gasteiger partial charge in [0.25, 0.3) is 0 Å². The van der Waals surface area contributed by atoms with Crippen molar-refractivity contribution in [3.63, 3.8) is 0 Å². The molecule has 0 saturated carbocycles. The Kier molecular flexibility index (Phi) is 14.8. The standard InChI is InChI=1S/C36H43ClO7/c1-4-6-8-10-12-23-41-33-22-19-30(25-32(33)37)27-13-15-28(16-14-27)36(40)44-31-20-17-29(18-21-31)35(39)43-26(3)34(38)42-24-11-9-7-5-2/h13-22,25-26H,4-12,23-24H2,1-3H3/t26-/m0/s1. The van der Waals surface area contributed by atoms with Crippen molar-refractivity contribution in [3.05, 3.63) is 82.9 Å². The van der Waals surface area contributed by atoms with Gasteiger partial charge < -0.3 is 18.9 Å². The van der Waals surface area contributed by atoms with E-state index in [0.29, 0.717) is 29.5 Å². The Labute approximate surface area is 265 Å². The molecule has 0 fully saturated rings. The topological polar surface area (TPSA) is 88.1 Å². The van der Waals surface area contributed by atoms with Gasteiger partial charge in [-0.25, -0.2) is 14.4 Å². The predicted molar refractivity (Wildman–Crippen MR) is 173 cm³/mol. The van der Waals surface area contributed by atoms with Gasteiger partial charge in [-0.2, -0.15) is 0 Å². The van der Waals surface area contributed by atoms with Crippen LogP contribution in [0.15, 0.2) is 66.7 Å². The molecular weight excluding hydrogens is 580 g/mol.